The molecule has 94 valence electrons. The molecule has 0 atom stereocenters. The van der Waals surface area contributed by atoms with Crippen molar-refractivity contribution >= 4 is 15.9 Å². The molecular formula is C13H12BrNO3. The Hall–Kier alpha value is -1.75. The lowest BCUT2D eigenvalue weighted by Gasteiger charge is -2.09. The Morgan fingerprint density at radius 2 is 1.72 bits per heavy atom. The molecule has 0 amide bonds. The van der Waals surface area contributed by atoms with Crippen molar-refractivity contribution in [3.05, 3.63) is 46.3 Å². The van der Waals surface area contributed by atoms with Crippen molar-refractivity contribution in [3.63, 3.8) is 0 Å². The predicted octanol–water partition coefficient (Wildman–Crippen LogP) is 2.77. The van der Waals surface area contributed by atoms with Crippen molar-refractivity contribution < 1.29 is 14.2 Å². The van der Waals surface area contributed by atoms with E-state index in [1.807, 2.05) is 24.3 Å². The first-order valence-corrected chi connectivity index (χ1v) is 6.05. The summed E-state index contributed by atoms with van der Waals surface area (Å²) in [5.41, 5.74) is 1.69. The van der Waals surface area contributed by atoms with Gasteiger partial charge in [-0.1, -0.05) is 6.07 Å². The molecule has 2 aromatic rings. The maximum atomic E-state index is 11.4. The van der Waals surface area contributed by atoms with E-state index in [4.69, 9.17) is 9.47 Å². The fraction of sp³-hybridized carbons (Fsp3) is 0.154. The molecule has 1 heterocycles. The lowest BCUT2D eigenvalue weighted by atomic mass is 10.1. The van der Waals surface area contributed by atoms with Crippen molar-refractivity contribution in [3.8, 4) is 22.6 Å². The zero-order valence-corrected chi connectivity index (χ0v) is 11.6. The normalized spacial score (nSPS) is 10.2. The molecule has 0 spiro atoms. The van der Waals surface area contributed by atoms with Gasteiger partial charge in [-0.25, -0.2) is 0 Å². The molecule has 4 nitrogen and oxygen atoms in total. The number of hydrogen-bond acceptors (Lipinski definition) is 3. The largest absolute Gasteiger partial charge is 0.619 e. The monoisotopic (exact) mass is 309 g/mol. The molecule has 2 rings (SSSR count). The van der Waals surface area contributed by atoms with Crippen LogP contribution < -0.4 is 14.2 Å². The predicted molar refractivity (Wildman–Crippen MR) is 71.6 cm³/mol. The van der Waals surface area contributed by atoms with Gasteiger partial charge in [-0.15, -0.1) is 0 Å². The number of aromatic nitrogens is 1. The van der Waals surface area contributed by atoms with Crippen LogP contribution in [-0.2, 0) is 0 Å². The van der Waals surface area contributed by atoms with Gasteiger partial charge in [-0.05, 0) is 39.7 Å². The van der Waals surface area contributed by atoms with Crippen LogP contribution >= 0.6 is 15.9 Å². The summed E-state index contributed by atoms with van der Waals surface area (Å²) in [6, 6.07) is 7.39. The molecule has 0 fully saturated rings. The highest BCUT2D eigenvalue weighted by Gasteiger charge is 2.09. The Kier molecular flexibility index (Phi) is 3.72. The minimum atomic E-state index is 0.632. The van der Waals surface area contributed by atoms with E-state index in [0.29, 0.717) is 11.5 Å². The Labute approximate surface area is 113 Å². The molecule has 0 aliphatic heterocycles. The van der Waals surface area contributed by atoms with E-state index in [0.717, 1.165) is 20.3 Å². The van der Waals surface area contributed by atoms with E-state index >= 15 is 0 Å². The number of hydrogen-bond donors (Lipinski definition) is 0. The summed E-state index contributed by atoms with van der Waals surface area (Å²) >= 11 is 3.30. The van der Waals surface area contributed by atoms with Crippen LogP contribution in [0.2, 0.25) is 0 Å². The Balaban J connectivity index is 2.50. The lowest BCUT2D eigenvalue weighted by Crippen LogP contribution is -2.24. The third-order valence-corrected chi connectivity index (χ3v) is 2.96. The van der Waals surface area contributed by atoms with Crippen molar-refractivity contribution in [1.29, 1.82) is 0 Å². The van der Waals surface area contributed by atoms with Crippen molar-refractivity contribution in [1.82, 2.24) is 0 Å². The third kappa shape index (κ3) is 2.56. The second-order valence-corrected chi connectivity index (χ2v) is 4.59. The van der Waals surface area contributed by atoms with Gasteiger partial charge in [-0.2, -0.15) is 4.73 Å². The molecule has 1 aromatic heterocycles. The minimum absolute atomic E-state index is 0.632. The first-order chi connectivity index (χ1) is 8.63. The molecule has 18 heavy (non-hydrogen) atoms. The third-order valence-electron chi connectivity index (χ3n) is 2.53. The number of benzene rings is 1. The molecular weight excluding hydrogens is 298 g/mol. The summed E-state index contributed by atoms with van der Waals surface area (Å²) in [5, 5.41) is 11.4. The fourth-order valence-corrected chi connectivity index (χ4v) is 2.14. The van der Waals surface area contributed by atoms with Gasteiger partial charge in [0.25, 0.3) is 0 Å². The van der Waals surface area contributed by atoms with Crippen LogP contribution in [0, 0.1) is 5.21 Å². The van der Waals surface area contributed by atoms with Crippen molar-refractivity contribution in [2.75, 3.05) is 14.2 Å². The molecule has 0 aliphatic carbocycles. The van der Waals surface area contributed by atoms with Crippen molar-refractivity contribution in [2.24, 2.45) is 0 Å². The number of rotatable bonds is 3. The van der Waals surface area contributed by atoms with Gasteiger partial charge in [0.05, 0.1) is 18.7 Å². The number of halogens is 1. The van der Waals surface area contributed by atoms with Gasteiger partial charge in [-0.3, -0.25) is 0 Å². The maximum Gasteiger partial charge on any atom is 0.194 e. The second kappa shape index (κ2) is 5.27. The summed E-state index contributed by atoms with van der Waals surface area (Å²) in [6.45, 7) is 0. The van der Waals surface area contributed by atoms with E-state index in [1.54, 1.807) is 14.2 Å². The molecule has 5 heteroatoms. The highest BCUT2D eigenvalue weighted by molar-refractivity contribution is 9.10. The average Bonchev–Trinajstić information content (AvgIpc) is 2.36. The van der Waals surface area contributed by atoms with Crippen LogP contribution in [0.1, 0.15) is 0 Å². The van der Waals surface area contributed by atoms with Gasteiger partial charge in [0.15, 0.2) is 23.9 Å². The van der Waals surface area contributed by atoms with Crippen LogP contribution in [0.15, 0.2) is 41.1 Å². The Bertz CT molecular complexity index is 552. The minimum Gasteiger partial charge on any atom is -0.619 e. The molecule has 0 bridgehead atoms. The average molecular weight is 310 g/mol. The van der Waals surface area contributed by atoms with E-state index in [-0.39, 0.29) is 0 Å². The Morgan fingerprint density at radius 3 is 2.33 bits per heavy atom. The molecule has 0 aliphatic rings. The van der Waals surface area contributed by atoms with Crippen LogP contribution in [0.5, 0.6) is 11.5 Å². The quantitative estimate of drug-likeness (QED) is 0.647. The van der Waals surface area contributed by atoms with Crippen LogP contribution in [-0.4, -0.2) is 14.2 Å². The molecule has 0 saturated heterocycles. The second-order valence-electron chi connectivity index (χ2n) is 3.67. The van der Waals surface area contributed by atoms with Crippen molar-refractivity contribution in [2.45, 2.75) is 0 Å². The van der Waals surface area contributed by atoms with Gasteiger partial charge in [0.2, 0.25) is 0 Å². The van der Waals surface area contributed by atoms with Gasteiger partial charge >= 0.3 is 0 Å². The summed E-state index contributed by atoms with van der Waals surface area (Å²) < 4.78 is 11.9. The fourth-order valence-electron chi connectivity index (χ4n) is 1.69. The summed E-state index contributed by atoms with van der Waals surface area (Å²) in [6.07, 6.45) is 2.95. The summed E-state index contributed by atoms with van der Waals surface area (Å²) in [5.74, 6) is 1.29. The highest BCUT2D eigenvalue weighted by Crippen LogP contribution is 2.32. The first-order valence-electron chi connectivity index (χ1n) is 5.26. The van der Waals surface area contributed by atoms with E-state index in [9.17, 15) is 5.21 Å². The van der Waals surface area contributed by atoms with Gasteiger partial charge < -0.3 is 14.7 Å². The molecule has 0 unspecified atom stereocenters. The lowest BCUT2D eigenvalue weighted by molar-refractivity contribution is -0.605. The van der Waals surface area contributed by atoms with Gasteiger partial charge in [0.1, 0.15) is 0 Å². The number of ether oxygens (including phenoxy) is 2. The smallest absolute Gasteiger partial charge is 0.194 e. The highest BCUT2D eigenvalue weighted by atomic mass is 79.9. The topological polar surface area (TPSA) is 45.4 Å². The molecule has 1 aromatic carbocycles. The molecule has 0 saturated carbocycles. The van der Waals surface area contributed by atoms with E-state index in [1.165, 1.54) is 12.4 Å². The van der Waals surface area contributed by atoms with Crippen LogP contribution in [0.25, 0.3) is 11.1 Å². The zero-order chi connectivity index (χ0) is 13.1. The summed E-state index contributed by atoms with van der Waals surface area (Å²) in [7, 11) is 3.17. The number of nitrogens with zero attached hydrogens (tertiary/aromatic N) is 1. The van der Waals surface area contributed by atoms with Crippen LogP contribution in [0.3, 0.4) is 0 Å². The maximum absolute atomic E-state index is 11.4. The standard InChI is InChI=1S/C13H12BrNO3/c1-17-12-4-3-9(6-13(12)18-2)10-5-11(14)8-15(16)7-10/h3-8H,1-2H3. The first kappa shape index (κ1) is 12.7. The number of pyridine rings is 1. The summed E-state index contributed by atoms with van der Waals surface area (Å²) in [4.78, 5) is 0. The SMILES string of the molecule is COc1ccc(-c2cc(Br)c[n+]([O-])c2)cc1OC. The molecule has 0 N–H and O–H groups in total. The van der Waals surface area contributed by atoms with Crippen LogP contribution in [0.4, 0.5) is 0 Å². The van der Waals surface area contributed by atoms with Gasteiger partial charge in [0, 0.05) is 5.56 Å². The van der Waals surface area contributed by atoms with E-state index in [2.05, 4.69) is 15.9 Å². The Morgan fingerprint density at radius 1 is 1.00 bits per heavy atom. The molecule has 0 radical (unpaired) electrons. The zero-order valence-electron chi connectivity index (χ0n) is 10.0. The number of methoxy groups -OCH3 is 2. The van der Waals surface area contributed by atoms with E-state index < -0.39 is 0 Å².